The molecule has 268 valence electrons. The minimum absolute atomic E-state index is 0.0543. The number of carbonyl (C=O) groups is 1. The van der Waals surface area contributed by atoms with Gasteiger partial charge in [-0.3, -0.25) is 4.79 Å². The van der Waals surface area contributed by atoms with Crippen LogP contribution in [0.5, 0.6) is 5.88 Å². The second kappa shape index (κ2) is 11.6. The number of nitrogens with one attached hydrogen (secondary N) is 2. The van der Waals surface area contributed by atoms with E-state index >= 15 is 0 Å². The average Bonchev–Trinajstić information content (AvgIpc) is 3.92. The number of sulfonamides is 1. The second-order valence-corrected chi connectivity index (χ2v) is 16.4. The predicted molar refractivity (Wildman–Crippen MR) is 178 cm³/mol. The molecule has 1 spiro atoms. The van der Waals surface area contributed by atoms with Crippen LogP contribution in [0.1, 0.15) is 74.3 Å². The lowest BCUT2D eigenvalue weighted by molar-refractivity contribution is -0.190. The number of amides is 1. The smallest absolute Gasteiger partial charge is 0.394 e. The van der Waals surface area contributed by atoms with Crippen LogP contribution in [0.3, 0.4) is 0 Å². The highest BCUT2D eigenvalue weighted by Gasteiger charge is 2.63. The van der Waals surface area contributed by atoms with Crippen molar-refractivity contribution in [1.29, 1.82) is 0 Å². The predicted octanol–water partition coefficient (Wildman–Crippen LogP) is 5.23. The summed E-state index contributed by atoms with van der Waals surface area (Å²) in [4.78, 5) is 33.6. The van der Waals surface area contributed by atoms with Crippen molar-refractivity contribution in [3.8, 4) is 11.7 Å². The first-order chi connectivity index (χ1) is 24.2. The number of hydrogen-bond acceptors (Lipinski definition) is 11. The highest BCUT2D eigenvalue weighted by atomic mass is 32.2. The van der Waals surface area contributed by atoms with Crippen LogP contribution in [0.15, 0.2) is 66.3 Å². The van der Waals surface area contributed by atoms with Gasteiger partial charge in [-0.2, -0.15) is 21.6 Å². The minimum Gasteiger partial charge on any atom is -0.477 e. The number of nitrogens with zero attached hydrogens (tertiary/aromatic N) is 7. The van der Waals surface area contributed by atoms with Gasteiger partial charge in [-0.25, -0.2) is 29.3 Å². The zero-order chi connectivity index (χ0) is 35.8. The fourth-order valence-corrected chi connectivity index (χ4v) is 8.76. The SMILES string of the molecule is CC1(C)CC23CC2CC(c2cncnc2)Nc2cccc(n2)S(=O)(=O)NC(=O)c2ccc(-n4ccc(OCCC5(C(F)(F)F)CC5)n4)nc2N1C3. The molecule has 1 amide bonds. The van der Waals surface area contributed by atoms with E-state index in [1.54, 1.807) is 30.7 Å². The summed E-state index contributed by atoms with van der Waals surface area (Å²) in [5.74, 6) is 0.490. The van der Waals surface area contributed by atoms with Gasteiger partial charge in [0.25, 0.3) is 15.9 Å². The van der Waals surface area contributed by atoms with Gasteiger partial charge in [-0.05, 0) is 88.0 Å². The number of ether oxygens (including phenoxy) is 1. The summed E-state index contributed by atoms with van der Waals surface area (Å²) in [6, 6.07) is 8.88. The number of halogens is 3. The Morgan fingerprint density at radius 1 is 1.06 bits per heavy atom. The first-order valence-corrected chi connectivity index (χ1v) is 18.3. The molecule has 6 heterocycles. The Labute approximate surface area is 292 Å². The Kier molecular flexibility index (Phi) is 7.59. The van der Waals surface area contributed by atoms with E-state index in [1.807, 2.05) is 0 Å². The van der Waals surface area contributed by atoms with Crippen LogP contribution in [0, 0.1) is 16.7 Å². The van der Waals surface area contributed by atoms with Gasteiger partial charge in [0.2, 0.25) is 5.88 Å². The number of pyridine rings is 2. The molecular formula is C34H36F3N9O4S. The van der Waals surface area contributed by atoms with Gasteiger partial charge >= 0.3 is 6.18 Å². The van der Waals surface area contributed by atoms with Crippen LogP contribution in [0.4, 0.5) is 24.8 Å². The summed E-state index contributed by atoms with van der Waals surface area (Å²) in [6.07, 6.45) is 4.74. The number of anilines is 2. The van der Waals surface area contributed by atoms with E-state index in [4.69, 9.17) is 9.72 Å². The number of aromatic nitrogens is 6. The van der Waals surface area contributed by atoms with Gasteiger partial charge in [0.05, 0.1) is 23.6 Å². The molecule has 17 heteroatoms. The molecule has 1 saturated heterocycles. The molecule has 2 N–H and O–H groups in total. The Morgan fingerprint density at radius 3 is 2.59 bits per heavy atom. The van der Waals surface area contributed by atoms with E-state index in [0.29, 0.717) is 24.6 Å². The van der Waals surface area contributed by atoms with Crippen molar-refractivity contribution >= 4 is 27.6 Å². The molecule has 51 heavy (non-hydrogen) atoms. The quantitative estimate of drug-likeness (QED) is 0.268. The van der Waals surface area contributed by atoms with E-state index in [9.17, 15) is 26.4 Å². The molecule has 4 aromatic rings. The summed E-state index contributed by atoms with van der Waals surface area (Å²) in [5.41, 5.74) is -1.34. The van der Waals surface area contributed by atoms with Gasteiger partial charge in [0.15, 0.2) is 10.8 Å². The molecule has 13 nitrogen and oxygen atoms in total. The van der Waals surface area contributed by atoms with Gasteiger partial charge < -0.3 is 15.0 Å². The van der Waals surface area contributed by atoms with E-state index < -0.39 is 33.1 Å². The molecule has 4 bridgehead atoms. The van der Waals surface area contributed by atoms with Crippen molar-refractivity contribution in [2.45, 2.75) is 75.2 Å². The third-order valence-corrected chi connectivity index (χ3v) is 12.1. The van der Waals surface area contributed by atoms with Crippen LogP contribution >= 0.6 is 0 Å². The van der Waals surface area contributed by atoms with Gasteiger partial charge in [-0.1, -0.05) is 6.07 Å². The first-order valence-electron chi connectivity index (χ1n) is 16.8. The maximum atomic E-state index is 13.9. The van der Waals surface area contributed by atoms with Gasteiger partial charge in [0, 0.05) is 42.3 Å². The number of alkyl halides is 3. The average molecular weight is 724 g/mol. The van der Waals surface area contributed by atoms with E-state index in [0.717, 1.165) is 18.4 Å². The lowest BCUT2D eigenvalue weighted by Gasteiger charge is -2.33. The summed E-state index contributed by atoms with van der Waals surface area (Å²) >= 11 is 0. The zero-order valence-corrected chi connectivity index (χ0v) is 28.7. The highest BCUT2D eigenvalue weighted by Crippen LogP contribution is 2.65. The van der Waals surface area contributed by atoms with Gasteiger partial charge in [-0.15, -0.1) is 5.10 Å². The molecule has 2 aliphatic carbocycles. The number of hydrogen-bond donors (Lipinski definition) is 2. The molecule has 0 aromatic carbocycles. The van der Waals surface area contributed by atoms with Crippen molar-refractivity contribution < 1.29 is 31.1 Å². The fraction of sp³-hybridized carbons (Fsp3) is 0.471. The molecule has 0 radical (unpaired) electrons. The normalized spacial score (nSPS) is 25.7. The van der Waals surface area contributed by atoms with Crippen molar-refractivity contribution in [2.75, 3.05) is 23.4 Å². The van der Waals surface area contributed by atoms with E-state index in [1.165, 1.54) is 35.3 Å². The molecule has 4 aromatic heterocycles. The van der Waals surface area contributed by atoms with E-state index in [-0.39, 0.29) is 65.5 Å². The molecular weight excluding hydrogens is 687 g/mol. The minimum atomic E-state index is -4.41. The Bertz CT molecular complexity index is 2110. The third kappa shape index (κ3) is 6.14. The largest absolute Gasteiger partial charge is 0.477 e. The van der Waals surface area contributed by atoms with Crippen molar-refractivity contribution in [3.63, 3.8) is 0 Å². The molecule has 2 aliphatic heterocycles. The van der Waals surface area contributed by atoms with E-state index in [2.05, 4.69) is 48.8 Å². The van der Waals surface area contributed by atoms with Crippen molar-refractivity contribution in [1.82, 2.24) is 34.4 Å². The Hall–Kier alpha value is -4.80. The fourth-order valence-electron chi connectivity index (χ4n) is 7.82. The van der Waals surface area contributed by atoms with Crippen LogP contribution in [0.2, 0.25) is 0 Å². The monoisotopic (exact) mass is 723 g/mol. The third-order valence-electron chi connectivity index (χ3n) is 10.8. The molecule has 8 rings (SSSR count). The second-order valence-electron chi connectivity index (χ2n) is 14.8. The molecule has 3 unspecified atom stereocenters. The first kappa shape index (κ1) is 33.3. The highest BCUT2D eigenvalue weighted by molar-refractivity contribution is 7.90. The van der Waals surface area contributed by atoms with Crippen LogP contribution in [-0.4, -0.2) is 68.9 Å². The number of rotatable bonds is 6. The Balaban J connectivity index is 1.14. The molecule has 4 aliphatic rings. The van der Waals surface area contributed by atoms with Crippen molar-refractivity contribution in [3.05, 3.63) is 72.4 Å². The summed E-state index contributed by atoms with van der Waals surface area (Å²) in [7, 11) is -4.41. The standard InChI is InChI=1S/C34H36F3N9O4S/c1-31(2)18-32-15-22(32)14-24(21-16-38-20-39-17-21)40-25-4-3-5-28(41-25)51(48,49)44-30(47)23-6-7-26(42-29(23)45(31)19-32)46-12-8-27(43-46)50-13-11-33(9-10-33)34(35,36)37/h3-8,12,16-17,20,22,24H,9-11,13-15,18-19H2,1-2H3,(H,40,41)(H,44,47). The van der Waals surface area contributed by atoms with Crippen LogP contribution in [0.25, 0.3) is 5.82 Å². The molecule has 3 atom stereocenters. The summed E-state index contributed by atoms with van der Waals surface area (Å²) < 4.78 is 76.4. The maximum Gasteiger partial charge on any atom is 0.394 e. The van der Waals surface area contributed by atoms with Crippen LogP contribution in [-0.2, 0) is 10.0 Å². The summed E-state index contributed by atoms with van der Waals surface area (Å²) in [5, 5.41) is 7.46. The summed E-state index contributed by atoms with van der Waals surface area (Å²) in [6.45, 7) is 4.60. The lowest BCUT2D eigenvalue weighted by Crippen LogP contribution is -2.41. The molecule has 2 saturated carbocycles. The number of carbonyl (C=O) groups excluding carboxylic acids is 1. The zero-order valence-electron chi connectivity index (χ0n) is 27.9. The maximum absolute atomic E-state index is 13.9. The molecule has 3 fully saturated rings. The topological polar surface area (TPSA) is 157 Å². The Morgan fingerprint density at radius 2 is 1.84 bits per heavy atom. The lowest BCUT2D eigenvalue weighted by atomic mass is 9.90. The van der Waals surface area contributed by atoms with Crippen molar-refractivity contribution in [2.24, 2.45) is 16.7 Å². The van der Waals surface area contributed by atoms with Crippen LogP contribution < -0.4 is 19.7 Å². The van der Waals surface area contributed by atoms with Gasteiger partial charge in [0.1, 0.15) is 18.0 Å². The number of fused-ring (bicyclic) bond motifs is 5.